The van der Waals surface area contributed by atoms with Gasteiger partial charge in [0.2, 0.25) is 0 Å². The highest BCUT2D eigenvalue weighted by molar-refractivity contribution is 6.31. The predicted molar refractivity (Wildman–Crippen MR) is 77.2 cm³/mol. The second kappa shape index (κ2) is 4.71. The normalized spacial score (nSPS) is 11.1. The lowest BCUT2D eigenvalue weighted by Crippen LogP contribution is -1.99. The van der Waals surface area contributed by atoms with Gasteiger partial charge >= 0.3 is 0 Å². The van der Waals surface area contributed by atoms with Crippen molar-refractivity contribution in [2.45, 2.75) is 13.5 Å². The number of halogens is 2. The maximum atomic E-state index is 13.0. The van der Waals surface area contributed by atoms with E-state index in [1.165, 1.54) is 28.6 Å². The Labute approximate surface area is 116 Å². The molecule has 0 bridgehead atoms. The monoisotopic (exact) mass is 273 g/mol. The molecule has 1 aromatic heterocycles. The molecule has 3 rings (SSSR count). The third-order valence-corrected chi connectivity index (χ3v) is 3.74. The topological polar surface area (TPSA) is 4.93 Å². The van der Waals surface area contributed by atoms with E-state index < -0.39 is 0 Å². The van der Waals surface area contributed by atoms with E-state index in [4.69, 9.17) is 11.6 Å². The SMILES string of the molecule is Cc1cccc2c1ccn2Cc1ccc(F)cc1Cl. The number of aromatic nitrogens is 1. The fraction of sp³-hybridized carbons (Fsp3) is 0.125. The summed E-state index contributed by atoms with van der Waals surface area (Å²) in [6.45, 7) is 2.74. The molecule has 19 heavy (non-hydrogen) atoms. The minimum Gasteiger partial charge on any atom is -0.343 e. The van der Waals surface area contributed by atoms with Crippen molar-refractivity contribution in [3.8, 4) is 0 Å². The summed E-state index contributed by atoms with van der Waals surface area (Å²) in [5, 5.41) is 1.70. The molecule has 0 aliphatic carbocycles. The van der Waals surface area contributed by atoms with E-state index in [2.05, 4.69) is 29.7 Å². The average Bonchev–Trinajstić information content (AvgIpc) is 2.78. The molecule has 0 aliphatic heterocycles. The lowest BCUT2D eigenvalue weighted by molar-refractivity contribution is 0.626. The Bertz CT molecular complexity index is 746. The van der Waals surface area contributed by atoms with Crippen LogP contribution in [0, 0.1) is 12.7 Å². The summed E-state index contributed by atoms with van der Waals surface area (Å²) in [6.07, 6.45) is 2.04. The van der Waals surface area contributed by atoms with Crippen molar-refractivity contribution in [3.63, 3.8) is 0 Å². The zero-order chi connectivity index (χ0) is 13.4. The first-order valence-electron chi connectivity index (χ1n) is 6.13. The van der Waals surface area contributed by atoms with E-state index in [1.807, 2.05) is 12.3 Å². The predicted octanol–water partition coefficient (Wildman–Crippen LogP) is 4.79. The number of benzene rings is 2. The molecule has 1 nitrogen and oxygen atoms in total. The van der Waals surface area contributed by atoms with E-state index in [-0.39, 0.29) is 5.82 Å². The maximum absolute atomic E-state index is 13.0. The van der Waals surface area contributed by atoms with Gasteiger partial charge in [-0.1, -0.05) is 29.8 Å². The highest BCUT2D eigenvalue weighted by atomic mass is 35.5. The molecule has 0 fully saturated rings. The Morgan fingerprint density at radius 1 is 1.16 bits per heavy atom. The first-order valence-corrected chi connectivity index (χ1v) is 6.51. The van der Waals surface area contributed by atoms with Crippen molar-refractivity contribution in [1.82, 2.24) is 4.57 Å². The fourth-order valence-electron chi connectivity index (χ4n) is 2.35. The number of rotatable bonds is 2. The molecule has 0 saturated heterocycles. The highest BCUT2D eigenvalue weighted by Gasteiger charge is 2.06. The van der Waals surface area contributed by atoms with Crippen molar-refractivity contribution in [3.05, 3.63) is 70.6 Å². The molecule has 1 heterocycles. The smallest absolute Gasteiger partial charge is 0.124 e. The molecule has 3 aromatic rings. The molecule has 0 atom stereocenters. The highest BCUT2D eigenvalue weighted by Crippen LogP contribution is 2.23. The van der Waals surface area contributed by atoms with Gasteiger partial charge in [0.1, 0.15) is 5.82 Å². The molecule has 0 radical (unpaired) electrons. The first-order chi connectivity index (χ1) is 9.15. The molecule has 2 aromatic carbocycles. The minimum atomic E-state index is -0.304. The van der Waals surface area contributed by atoms with Crippen LogP contribution < -0.4 is 0 Å². The molecule has 96 valence electrons. The third kappa shape index (κ3) is 2.24. The fourth-order valence-corrected chi connectivity index (χ4v) is 2.58. The van der Waals surface area contributed by atoms with Gasteiger partial charge in [0, 0.05) is 28.7 Å². The van der Waals surface area contributed by atoms with E-state index in [0.717, 1.165) is 5.56 Å². The number of hydrogen-bond donors (Lipinski definition) is 0. The van der Waals surface area contributed by atoms with Crippen molar-refractivity contribution in [2.75, 3.05) is 0 Å². The van der Waals surface area contributed by atoms with Crippen LogP contribution in [0.1, 0.15) is 11.1 Å². The van der Waals surface area contributed by atoms with Crippen LogP contribution in [0.2, 0.25) is 5.02 Å². The Hall–Kier alpha value is -1.80. The van der Waals surface area contributed by atoms with Gasteiger partial charge in [0.15, 0.2) is 0 Å². The standard InChI is InChI=1S/C16H13ClFN/c1-11-3-2-4-16-14(11)7-8-19(16)10-12-5-6-13(18)9-15(12)17/h2-9H,10H2,1H3. The Morgan fingerprint density at radius 3 is 2.79 bits per heavy atom. The van der Waals surface area contributed by atoms with E-state index in [9.17, 15) is 4.39 Å². The molecular weight excluding hydrogens is 261 g/mol. The number of hydrogen-bond acceptors (Lipinski definition) is 0. The molecule has 0 N–H and O–H groups in total. The molecule has 0 amide bonds. The average molecular weight is 274 g/mol. The summed E-state index contributed by atoms with van der Waals surface area (Å²) in [6, 6.07) is 12.9. The molecule has 3 heteroatoms. The zero-order valence-electron chi connectivity index (χ0n) is 10.5. The van der Waals surface area contributed by atoms with Gasteiger partial charge in [0.25, 0.3) is 0 Å². The van der Waals surface area contributed by atoms with Crippen molar-refractivity contribution in [1.29, 1.82) is 0 Å². The Balaban J connectivity index is 2.04. The largest absolute Gasteiger partial charge is 0.343 e. The molecule has 0 saturated carbocycles. The van der Waals surface area contributed by atoms with E-state index in [0.29, 0.717) is 11.6 Å². The second-order valence-corrected chi connectivity index (χ2v) is 5.09. The first kappa shape index (κ1) is 12.2. The quantitative estimate of drug-likeness (QED) is 0.633. The molecular formula is C16H13ClFN. The Kier molecular flexibility index (Phi) is 3.03. The van der Waals surface area contributed by atoms with Crippen molar-refractivity contribution in [2.24, 2.45) is 0 Å². The van der Waals surface area contributed by atoms with Crippen LogP contribution in [0.3, 0.4) is 0 Å². The molecule has 0 aliphatic rings. The molecule has 0 spiro atoms. The number of fused-ring (bicyclic) bond motifs is 1. The van der Waals surface area contributed by atoms with Crippen LogP contribution in [0.5, 0.6) is 0 Å². The summed E-state index contributed by atoms with van der Waals surface area (Å²) < 4.78 is 15.2. The lowest BCUT2D eigenvalue weighted by Gasteiger charge is -2.08. The maximum Gasteiger partial charge on any atom is 0.124 e. The van der Waals surface area contributed by atoms with Gasteiger partial charge in [0.05, 0.1) is 0 Å². The Morgan fingerprint density at radius 2 is 2.00 bits per heavy atom. The lowest BCUT2D eigenvalue weighted by atomic mass is 10.1. The second-order valence-electron chi connectivity index (χ2n) is 4.69. The van der Waals surface area contributed by atoms with Crippen LogP contribution in [0.4, 0.5) is 4.39 Å². The summed E-state index contributed by atoms with van der Waals surface area (Å²) in [5.74, 6) is -0.304. The van der Waals surface area contributed by atoms with Gasteiger partial charge in [-0.25, -0.2) is 4.39 Å². The van der Waals surface area contributed by atoms with E-state index >= 15 is 0 Å². The van der Waals surface area contributed by atoms with Gasteiger partial charge in [-0.2, -0.15) is 0 Å². The minimum absolute atomic E-state index is 0.304. The zero-order valence-corrected chi connectivity index (χ0v) is 11.3. The van der Waals surface area contributed by atoms with Gasteiger partial charge in [-0.05, 0) is 42.3 Å². The van der Waals surface area contributed by atoms with Crippen LogP contribution in [-0.4, -0.2) is 4.57 Å². The van der Waals surface area contributed by atoms with Crippen LogP contribution >= 0.6 is 11.6 Å². The van der Waals surface area contributed by atoms with Crippen molar-refractivity contribution >= 4 is 22.5 Å². The summed E-state index contributed by atoms with van der Waals surface area (Å²) in [5.41, 5.74) is 3.34. The molecule has 0 unspecified atom stereocenters. The summed E-state index contributed by atoms with van der Waals surface area (Å²) in [7, 11) is 0. The number of nitrogens with zero attached hydrogens (tertiary/aromatic N) is 1. The summed E-state index contributed by atoms with van der Waals surface area (Å²) >= 11 is 6.08. The van der Waals surface area contributed by atoms with Crippen LogP contribution in [-0.2, 0) is 6.54 Å². The van der Waals surface area contributed by atoms with Gasteiger partial charge in [-0.15, -0.1) is 0 Å². The van der Waals surface area contributed by atoms with Gasteiger partial charge < -0.3 is 4.57 Å². The van der Waals surface area contributed by atoms with Crippen LogP contribution in [0.15, 0.2) is 48.7 Å². The van der Waals surface area contributed by atoms with Crippen molar-refractivity contribution < 1.29 is 4.39 Å². The van der Waals surface area contributed by atoms with E-state index in [1.54, 1.807) is 6.07 Å². The summed E-state index contributed by atoms with van der Waals surface area (Å²) in [4.78, 5) is 0. The van der Waals surface area contributed by atoms with Crippen LogP contribution in [0.25, 0.3) is 10.9 Å². The third-order valence-electron chi connectivity index (χ3n) is 3.39. The number of aryl methyl sites for hydroxylation is 1. The van der Waals surface area contributed by atoms with Gasteiger partial charge in [-0.3, -0.25) is 0 Å².